The van der Waals surface area contributed by atoms with Crippen molar-refractivity contribution in [1.82, 2.24) is 15.5 Å². The van der Waals surface area contributed by atoms with E-state index in [0.29, 0.717) is 36.0 Å². The molecule has 2 N–H and O–H groups in total. The second-order valence-electron chi connectivity index (χ2n) is 7.07. The molecule has 1 heterocycles. The van der Waals surface area contributed by atoms with Crippen molar-refractivity contribution >= 4 is 28.8 Å². The molecule has 2 aromatic rings. The van der Waals surface area contributed by atoms with Crippen LogP contribution in [-0.2, 0) is 11.2 Å². The zero-order valence-corrected chi connectivity index (χ0v) is 16.6. The monoisotopic (exact) mass is 404 g/mol. The topological polar surface area (TPSA) is 84.0 Å². The molecule has 0 saturated heterocycles. The molecule has 0 radical (unpaired) electrons. The molecule has 6 nitrogen and oxygen atoms in total. The molecule has 1 aromatic carbocycles. The second-order valence-corrected chi connectivity index (χ2v) is 8.14. The van der Waals surface area contributed by atoms with Gasteiger partial charge in [0.1, 0.15) is 10.8 Å². The van der Waals surface area contributed by atoms with Gasteiger partial charge in [-0.15, -0.1) is 10.2 Å². The van der Waals surface area contributed by atoms with Crippen LogP contribution in [0.15, 0.2) is 24.3 Å². The lowest BCUT2D eigenvalue weighted by Crippen LogP contribution is -2.34. The number of carbonyl (C=O) groups excluding carboxylic acids is 2. The van der Waals surface area contributed by atoms with Crippen molar-refractivity contribution in [2.75, 3.05) is 5.32 Å². The SMILES string of the molecule is O=C(CCCc1nnc(C(=O)Nc2cccc(F)c2)s1)NC1CCCCCC1. The highest BCUT2D eigenvalue weighted by Crippen LogP contribution is 2.18. The van der Waals surface area contributed by atoms with Crippen molar-refractivity contribution in [3.05, 3.63) is 40.1 Å². The number of halogens is 1. The third kappa shape index (κ3) is 6.37. The normalized spacial score (nSPS) is 15.0. The Kier molecular flexibility index (Phi) is 7.47. The van der Waals surface area contributed by atoms with Crippen LogP contribution in [0.5, 0.6) is 0 Å². The standard InChI is InChI=1S/C20H25FN4O2S/c21-14-7-5-10-16(13-14)23-19(27)20-25-24-18(28-20)12-6-11-17(26)22-15-8-3-1-2-4-9-15/h5,7,10,13,15H,1-4,6,8-9,11-12H2,(H,22,26)(H,23,27). The molecule has 0 aliphatic heterocycles. The van der Waals surface area contributed by atoms with Gasteiger partial charge in [0.05, 0.1) is 0 Å². The van der Waals surface area contributed by atoms with Crippen LogP contribution in [0.25, 0.3) is 0 Å². The van der Waals surface area contributed by atoms with E-state index in [1.807, 2.05) is 0 Å². The first-order valence-electron chi connectivity index (χ1n) is 9.79. The molecule has 150 valence electrons. The zero-order chi connectivity index (χ0) is 19.8. The minimum Gasteiger partial charge on any atom is -0.353 e. The van der Waals surface area contributed by atoms with E-state index in [-0.39, 0.29) is 10.9 Å². The minimum absolute atomic E-state index is 0.0838. The molecule has 8 heteroatoms. The number of hydrogen-bond acceptors (Lipinski definition) is 5. The number of amides is 2. The summed E-state index contributed by atoms with van der Waals surface area (Å²) < 4.78 is 13.2. The van der Waals surface area contributed by atoms with Crippen LogP contribution in [0, 0.1) is 5.82 Å². The minimum atomic E-state index is -0.419. The fourth-order valence-corrected chi connectivity index (χ4v) is 4.10. The van der Waals surface area contributed by atoms with Crippen molar-refractivity contribution in [1.29, 1.82) is 0 Å². The Hall–Kier alpha value is -2.35. The molecular weight excluding hydrogens is 379 g/mol. The van der Waals surface area contributed by atoms with Crippen molar-refractivity contribution in [2.45, 2.75) is 63.8 Å². The average Bonchev–Trinajstić information content (AvgIpc) is 2.99. The van der Waals surface area contributed by atoms with Crippen molar-refractivity contribution < 1.29 is 14.0 Å². The molecule has 1 aliphatic carbocycles. The molecule has 0 bridgehead atoms. The fraction of sp³-hybridized carbons (Fsp3) is 0.500. The lowest BCUT2D eigenvalue weighted by atomic mass is 10.1. The van der Waals surface area contributed by atoms with E-state index in [0.717, 1.165) is 12.8 Å². The van der Waals surface area contributed by atoms with Gasteiger partial charge in [-0.3, -0.25) is 9.59 Å². The average molecular weight is 405 g/mol. The zero-order valence-electron chi connectivity index (χ0n) is 15.7. The predicted molar refractivity (Wildman–Crippen MR) is 107 cm³/mol. The van der Waals surface area contributed by atoms with E-state index in [1.165, 1.54) is 55.2 Å². The predicted octanol–water partition coefficient (Wildman–Crippen LogP) is 4.09. The van der Waals surface area contributed by atoms with Crippen LogP contribution < -0.4 is 10.6 Å². The van der Waals surface area contributed by atoms with E-state index in [2.05, 4.69) is 20.8 Å². The van der Waals surface area contributed by atoms with Crippen LogP contribution in [0.3, 0.4) is 0 Å². The number of aromatic nitrogens is 2. The van der Waals surface area contributed by atoms with Gasteiger partial charge in [-0.2, -0.15) is 0 Å². The molecule has 1 fully saturated rings. The molecule has 1 saturated carbocycles. The molecular formula is C20H25FN4O2S. The maximum Gasteiger partial charge on any atom is 0.286 e. The Labute approximate surface area is 167 Å². The lowest BCUT2D eigenvalue weighted by Gasteiger charge is -2.15. The van der Waals surface area contributed by atoms with Crippen molar-refractivity contribution in [3.63, 3.8) is 0 Å². The van der Waals surface area contributed by atoms with Crippen molar-refractivity contribution in [2.24, 2.45) is 0 Å². The molecule has 0 unspecified atom stereocenters. The summed E-state index contributed by atoms with van der Waals surface area (Å²) in [5, 5.41) is 14.6. The summed E-state index contributed by atoms with van der Waals surface area (Å²) in [7, 11) is 0. The number of aryl methyl sites for hydroxylation is 1. The number of nitrogens with zero attached hydrogens (tertiary/aromatic N) is 2. The highest BCUT2D eigenvalue weighted by Gasteiger charge is 2.16. The molecule has 2 amide bonds. The Balaban J connectivity index is 1.41. The third-order valence-electron chi connectivity index (χ3n) is 4.76. The summed E-state index contributed by atoms with van der Waals surface area (Å²) >= 11 is 1.19. The molecule has 3 rings (SSSR count). The maximum atomic E-state index is 13.2. The van der Waals surface area contributed by atoms with Gasteiger partial charge in [0, 0.05) is 24.6 Å². The first kappa shape index (κ1) is 20.4. The second kappa shape index (κ2) is 10.3. The van der Waals surface area contributed by atoms with E-state index in [9.17, 15) is 14.0 Å². The summed E-state index contributed by atoms with van der Waals surface area (Å²) in [5.74, 6) is -0.751. The maximum absolute atomic E-state index is 13.2. The van der Waals surface area contributed by atoms with Gasteiger partial charge in [0.15, 0.2) is 0 Å². The van der Waals surface area contributed by atoms with Gasteiger partial charge in [0.25, 0.3) is 5.91 Å². The Morgan fingerprint density at radius 3 is 2.68 bits per heavy atom. The quantitative estimate of drug-likeness (QED) is 0.681. The Morgan fingerprint density at radius 2 is 1.93 bits per heavy atom. The van der Waals surface area contributed by atoms with Crippen LogP contribution in [-0.4, -0.2) is 28.1 Å². The Morgan fingerprint density at radius 1 is 1.14 bits per heavy atom. The van der Waals surface area contributed by atoms with Gasteiger partial charge < -0.3 is 10.6 Å². The number of rotatable bonds is 7. The number of benzene rings is 1. The fourth-order valence-electron chi connectivity index (χ4n) is 3.32. The van der Waals surface area contributed by atoms with Crippen molar-refractivity contribution in [3.8, 4) is 0 Å². The summed E-state index contributed by atoms with van der Waals surface area (Å²) in [6.07, 6.45) is 8.77. The molecule has 0 atom stereocenters. The number of nitrogens with one attached hydrogen (secondary N) is 2. The molecule has 28 heavy (non-hydrogen) atoms. The number of carbonyl (C=O) groups is 2. The smallest absolute Gasteiger partial charge is 0.286 e. The summed E-state index contributed by atoms with van der Waals surface area (Å²) in [4.78, 5) is 24.3. The van der Waals surface area contributed by atoms with E-state index in [4.69, 9.17) is 0 Å². The highest BCUT2D eigenvalue weighted by atomic mass is 32.1. The number of hydrogen-bond donors (Lipinski definition) is 2. The van der Waals surface area contributed by atoms with Crippen LogP contribution in [0.4, 0.5) is 10.1 Å². The van der Waals surface area contributed by atoms with Crippen LogP contribution in [0.1, 0.15) is 66.2 Å². The van der Waals surface area contributed by atoms with Crippen LogP contribution in [0.2, 0.25) is 0 Å². The van der Waals surface area contributed by atoms with E-state index < -0.39 is 11.7 Å². The first-order valence-corrected chi connectivity index (χ1v) is 10.6. The van der Waals surface area contributed by atoms with Gasteiger partial charge in [-0.05, 0) is 37.5 Å². The largest absolute Gasteiger partial charge is 0.353 e. The van der Waals surface area contributed by atoms with Gasteiger partial charge in [-0.25, -0.2) is 4.39 Å². The first-order chi connectivity index (χ1) is 13.6. The lowest BCUT2D eigenvalue weighted by molar-refractivity contribution is -0.122. The highest BCUT2D eigenvalue weighted by molar-refractivity contribution is 7.13. The number of anilines is 1. The molecule has 1 aliphatic rings. The molecule has 0 spiro atoms. The summed E-state index contributed by atoms with van der Waals surface area (Å²) in [6, 6.07) is 6.00. The summed E-state index contributed by atoms with van der Waals surface area (Å²) in [6.45, 7) is 0. The van der Waals surface area contributed by atoms with Gasteiger partial charge >= 0.3 is 0 Å². The van der Waals surface area contributed by atoms with Gasteiger partial charge in [0.2, 0.25) is 10.9 Å². The molecule has 1 aromatic heterocycles. The Bertz CT molecular complexity index is 803. The van der Waals surface area contributed by atoms with Crippen LogP contribution >= 0.6 is 11.3 Å². The third-order valence-corrected chi connectivity index (χ3v) is 5.74. The summed E-state index contributed by atoms with van der Waals surface area (Å²) in [5.41, 5.74) is 0.372. The van der Waals surface area contributed by atoms with E-state index >= 15 is 0 Å². The van der Waals surface area contributed by atoms with E-state index in [1.54, 1.807) is 6.07 Å². The van der Waals surface area contributed by atoms with Gasteiger partial charge in [-0.1, -0.05) is 43.1 Å².